The Hall–Kier alpha value is -5.41. The van der Waals surface area contributed by atoms with Gasteiger partial charge in [0.15, 0.2) is 5.65 Å². The summed E-state index contributed by atoms with van der Waals surface area (Å²) in [6.07, 6.45) is 3.72. The van der Waals surface area contributed by atoms with Crippen LogP contribution in [0.25, 0.3) is 33.1 Å². The van der Waals surface area contributed by atoms with Crippen LogP contribution in [-0.2, 0) is 37.6 Å². The highest BCUT2D eigenvalue weighted by atomic mass is 19.1. The van der Waals surface area contributed by atoms with Gasteiger partial charge in [0, 0.05) is 49.6 Å². The molecule has 0 radical (unpaired) electrons. The first-order valence-corrected chi connectivity index (χ1v) is 14.2. The minimum Gasteiger partial charge on any atom is -0.481 e. The molecule has 45 heavy (non-hydrogen) atoms. The van der Waals surface area contributed by atoms with Crippen LogP contribution in [0, 0.1) is 5.82 Å². The summed E-state index contributed by atoms with van der Waals surface area (Å²) < 4.78 is 18.6. The number of aliphatic carboxylic acids is 2. The Morgan fingerprint density at radius 2 is 1.71 bits per heavy atom. The molecule has 4 heterocycles. The number of nitrogens with one attached hydrogen (secondary N) is 2. The number of carboxylic acid groups (broad SMARTS) is 2. The predicted molar refractivity (Wildman–Crippen MR) is 156 cm³/mol. The van der Waals surface area contributed by atoms with Gasteiger partial charge in [-0.25, -0.2) is 14.1 Å². The molecule has 1 aliphatic heterocycles. The Morgan fingerprint density at radius 3 is 2.42 bits per heavy atom. The average molecular weight is 623 g/mol. The standard InChI is InChI=1S/C29H31FN8O7/c1-36-21-11-19(20(30)10-17(21)12-34-36)18-4-7-31-29-27(18)28(16-5-8-37(9-6-16)24(41)2-3-25(42)43)35-38(29)15-23(40)32-13-22(39)33-14-26(44)45/h4,7,10-12,16H,2-3,5-6,8-9,13-15H2,1H3,(H,32,40)(H,33,39)(H,42,43)(H,44,45). The summed E-state index contributed by atoms with van der Waals surface area (Å²) in [5.74, 6) is -4.44. The molecule has 3 aromatic heterocycles. The molecule has 1 fully saturated rings. The van der Waals surface area contributed by atoms with Crippen molar-refractivity contribution >= 4 is 51.6 Å². The molecule has 0 aliphatic carbocycles. The van der Waals surface area contributed by atoms with Gasteiger partial charge in [-0.1, -0.05) is 0 Å². The van der Waals surface area contributed by atoms with Crippen molar-refractivity contribution in [1.29, 1.82) is 0 Å². The molecule has 0 atom stereocenters. The summed E-state index contributed by atoms with van der Waals surface area (Å²) in [6.45, 7) is -0.613. The second-order valence-electron chi connectivity index (χ2n) is 10.8. The molecule has 4 N–H and O–H groups in total. The van der Waals surface area contributed by atoms with Crippen LogP contribution in [0.5, 0.6) is 0 Å². The highest BCUT2D eigenvalue weighted by Gasteiger charge is 2.30. The number of benzene rings is 1. The molecule has 4 aromatic rings. The van der Waals surface area contributed by atoms with Crippen molar-refractivity contribution in [2.75, 3.05) is 26.2 Å². The quantitative estimate of drug-likeness (QED) is 0.187. The van der Waals surface area contributed by atoms with E-state index in [2.05, 4.69) is 20.7 Å². The number of aryl methyl sites for hydroxylation is 1. The molecule has 236 valence electrons. The zero-order valence-electron chi connectivity index (χ0n) is 24.3. The zero-order valence-corrected chi connectivity index (χ0v) is 24.3. The summed E-state index contributed by atoms with van der Waals surface area (Å²) >= 11 is 0. The topological polar surface area (TPSA) is 202 Å². The summed E-state index contributed by atoms with van der Waals surface area (Å²) in [4.78, 5) is 64.9. The number of halogens is 1. The van der Waals surface area contributed by atoms with Crippen LogP contribution in [-0.4, -0.2) is 95.5 Å². The third kappa shape index (κ3) is 6.89. The second-order valence-corrected chi connectivity index (χ2v) is 10.8. The van der Waals surface area contributed by atoms with E-state index in [0.29, 0.717) is 64.7 Å². The van der Waals surface area contributed by atoms with Gasteiger partial charge in [-0.15, -0.1) is 0 Å². The first-order valence-electron chi connectivity index (χ1n) is 14.2. The fourth-order valence-corrected chi connectivity index (χ4v) is 5.51. The monoisotopic (exact) mass is 622 g/mol. The summed E-state index contributed by atoms with van der Waals surface area (Å²) in [5, 5.41) is 32.4. The highest BCUT2D eigenvalue weighted by Crippen LogP contribution is 2.39. The fourth-order valence-electron chi connectivity index (χ4n) is 5.51. The first-order chi connectivity index (χ1) is 21.5. The predicted octanol–water partition coefficient (Wildman–Crippen LogP) is 1.01. The van der Waals surface area contributed by atoms with Crippen LogP contribution in [0.4, 0.5) is 4.39 Å². The van der Waals surface area contributed by atoms with Crippen LogP contribution in [0.1, 0.15) is 37.3 Å². The maximum absolute atomic E-state index is 15.6. The number of pyridine rings is 1. The number of carbonyl (C=O) groups is 5. The normalized spacial score (nSPS) is 13.7. The Balaban J connectivity index is 1.47. The van der Waals surface area contributed by atoms with Crippen molar-refractivity contribution in [3.05, 3.63) is 42.1 Å². The number of fused-ring (bicyclic) bond motifs is 2. The molecular weight excluding hydrogens is 591 g/mol. The third-order valence-corrected chi connectivity index (χ3v) is 7.75. The largest absolute Gasteiger partial charge is 0.481 e. The number of nitrogens with zero attached hydrogens (tertiary/aromatic N) is 6. The summed E-state index contributed by atoms with van der Waals surface area (Å²) in [5.41, 5.74) is 2.40. The molecule has 0 bridgehead atoms. The third-order valence-electron chi connectivity index (χ3n) is 7.75. The number of hydrogen-bond donors (Lipinski definition) is 4. The molecule has 0 unspecified atom stereocenters. The number of piperidine rings is 1. The number of carbonyl (C=O) groups excluding carboxylic acids is 3. The van der Waals surface area contributed by atoms with Crippen LogP contribution < -0.4 is 10.6 Å². The van der Waals surface area contributed by atoms with Crippen molar-refractivity contribution in [3.63, 3.8) is 0 Å². The van der Waals surface area contributed by atoms with Gasteiger partial charge < -0.3 is 25.7 Å². The Labute approximate surface area is 255 Å². The van der Waals surface area contributed by atoms with E-state index in [1.54, 1.807) is 35.0 Å². The number of carboxylic acids is 2. The minimum absolute atomic E-state index is 0.0924. The molecule has 16 heteroatoms. The molecule has 1 aromatic carbocycles. The number of aromatic nitrogens is 5. The summed E-state index contributed by atoms with van der Waals surface area (Å²) in [6, 6.07) is 4.77. The molecule has 1 saturated heterocycles. The van der Waals surface area contributed by atoms with E-state index in [1.165, 1.54) is 16.9 Å². The van der Waals surface area contributed by atoms with Crippen LogP contribution in [0.3, 0.4) is 0 Å². The summed E-state index contributed by atoms with van der Waals surface area (Å²) in [7, 11) is 1.75. The number of hydrogen-bond acceptors (Lipinski definition) is 8. The lowest BCUT2D eigenvalue weighted by Crippen LogP contribution is -2.40. The molecular formula is C29H31FN8O7. The van der Waals surface area contributed by atoms with Crippen LogP contribution in [0.15, 0.2) is 30.6 Å². The van der Waals surface area contributed by atoms with Gasteiger partial charge in [-0.3, -0.25) is 28.7 Å². The van der Waals surface area contributed by atoms with E-state index in [1.807, 2.05) is 0 Å². The van der Waals surface area contributed by atoms with Crippen molar-refractivity contribution in [2.24, 2.45) is 7.05 Å². The molecule has 1 aliphatic rings. The van der Waals surface area contributed by atoms with Crippen molar-refractivity contribution in [3.8, 4) is 11.1 Å². The van der Waals surface area contributed by atoms with Gasteiger partial charge in [-0.05, 0) is 36.6 Å². The molecule has 5 rings (SSSR count). The van der Waals surface area contributed by atoms with Crippen LogP contribution >= 0.6 is 0 Å². The number of amides is 3. The molecule has 3 amide bonds. The van der Waals surface area contributed by atoms with Gasteiger partial charge in [-0.2, -0.15) is 10.2 Å². The highest BCUT2D eigenvalue weighted by molar-refractivity contribution is 5.98. The van der Waals surface area contributed by atoms with Gasteiger partial charge in [0.2, 0.25) is 17.7 Å². The zero-order chi connectivity index (χ0) is 32.2. The van der Waals surface area contributed by atoms with E-state index in [9.17, 15) is 24.0 Å². The van der Waals surface area contributed by atoms with Crippen molar-refractivity contribution in [1.82, 2.24) is 40.1 Å². The van der Waals surface area contributed by atoms with Gasteiger partial charge >= 0.3 is 11.9 Å². The lowest BCUT2D eigenvalue weighted by atomic mass is 9.89. The Morgan fingerprint density at radius 1 is 0.978 bits per heavy atom. The average Bonchev–Trinajstić information content (AvgIpc) is 3.56. The fraction of sp³-hybridized carbons (Fsp3) is 0.379. The maximum Gasteiger partial charge on any atom is 0.322 e. The van der Waals surface area contributed by atoms with Crippen molar-refractivity contribution in [2.45, 2.75) is 38.1 Å². The van der Waals surface area contributed by atoms with E-state index >= 15 is 4.39 Å². The van der Waals surface area contributed by atoms with E-state index in [4.69, 9.17) is 15.3 Å². The first kappa shape index (κ1) is 31.0. The van der Waals surface area contributed by atoms with Gasteiger partial charge in [0.1, 0.15) is 18.9 Å². The van der Waals surface area contributed by atoms with Crippen LogP contribution in [0.2, 0.25) is 0 Å². The maximum atomic E-state index is 15.6. The van der Waals surface area contributed by atoms with E-state index < -0.39 is 42.7 Å². The van der Waals surface area contributed by atoms with Gasteiger partial charge in [0.25, 0.3) is 0 Å². The molecule has 0 saturated carbocycles. The molecule has 15 nitrogen and oxygen atoms in total. The number of rotatable bonds is 11. The van der Waals surface area contributed by atoms with Gasteiger partial charge in [0.05, 0.1) is 35.8 Å². The van der Waals surface area contributed by atoms with E-state index in [-0.39, 0.29) is 31.2 Å². The Kier molecular flexibility index (Phi) is 9.01. The smallest absolute Gasteiger partial charge is 0.322 e. The van der Waals surface area contributed by atoms with E-state index in [0.717, 1.165) is 0 Å². The number of likely N-dealkylation sites (tertiary alicyclic amines) is 1. The lowest BCUT2D eigenvalue weighted by Gasteiger charge is -2.31. The SMILES string of the molecule is Cn1ncc2cc(F)c(-c3ccnc4c3c(C3CCN(C(=O)CCC(=O)O)CC3)nn4CC(=O)NCC(=O)NCC(=O)O)cc21. The second kappa shape index (κ2) is 13.1. The Bertz CT molecular complexity index is 1810. The molecule has 0 spiro atoms. The van der Waals surface area contributed by atoms with Crippen molar-refractivity contribution < 1.29 is 38.6 Å². The lowest BCUT2D eigenvalue weighted by molar-refractivity contribution is -0.141. The minimum atomic E-state index is -1.22.